The number of rotatable bonds is 6. The number of benzene rings is 2. The average Bonchev–Trinajstić information content (AvgIpc) is 3.01. The van der Waals surface area contributed by atoms with Crippen LogP contribution in [0, 0.1) is 0 Å². The molecule has 0 aliphatic heterocycles. The molecule has 0 aliphatic rings. The van der Waals surface area contributed by atoms with E-state index in [2.05, 4.69) is 5.32 Å². The van der Waals surface area contributed by atoms with Crippen molar-refractivity contribution in [1.29, 1.82) is 0 Å². The van der Waals surface area contributed by atoms with Gasteiger partial charge in [-0.3, -0.25) is 4.79 Å². The topological polar surface area (TPSA) is 120 Å². The molecule has 9 heteroatoms. The van der Waals surface area contributed by atoms with Crippen molar-refractivity contribution in [2.45, 2.75) is 11.4 Å². The van der Waals surface area contributed by atoms with Crippen LogP contribution in [0.3, 0.4) is 0 Å². The summed E-state index contributed by atoms with van der Waals surface area (Å²) >= 11 is 0. The van der Waals surface area contributed by atoms with Crippen LogP contribution in [0.5, 0.6) is 0 Å². The van der Waals surface area contributed by atoms with E-state index >= 15 is 0 Å². The number of primary sulfonamides is 1. The highest BCUT2D eigenvalue weighted by atomic mass is 32.2. The van der Waals surface area contributed by atoms with E-state index in [0.717, 1.165) is 10.9 Å². The second kappa shape index (κ2) is 7.83. The molecule has 3 N–H and O–H groups in total. The highest BCUT2D eigenvalue weighted by Crippen LogP contribution is 2.20. The normalized spacial score (nSPS) is 11.4. The number of aromatic nitrogens is 1. The number of carbonyl (C=O) groups is 2. The van der Waals surface area contributed by atoms with E-state index < -0.39 is 28.5 Å². The minimum atomic E-state index is -3.76. The first kappa shape index (κ1) is 19.6. The fraction of sp³-hybridized carbons (Fsp3) is 0.158. The Morgan fingerprint density at radius 2 is 1.79 bits per heavy atom. The number of fused-ring (bicyclic) bond motifs is 1. The number of ether oxygens (including phenoxy) is 1. The van der Waals surface area contributed by atoms with Crippen LogP contribution in [-0.4, -0.2) is 31.5 Å². The largest absolute Gasteiger partial charge is 0.452 e. The maximum absolute atomic E-state index is 12.3. The van der Waals surface area contributed by atoms with Gasteiger partial charge in [0, 0.05) is 30.7 Å². The molecule has 0 unspecified atom stereocenters. The van der Waals surface area contributed by atoms with E-state index in [9.17, 15) is 18.0 Å². The monoisotopic (exact) mass is 401 g/mol. The van der Waals surface area contributed by atoms with E-state index in [1.165, 1.54) is 12.1 Å². The first-order chi connectivity index (χ1) is 13.3. The van der Waals surface area contributed by atoms with E-state index in [0.29, 0.717) is 11.1 Å². The molecule has 1 heterocycles. The highest BCUT2D eigenvalue weighted by molar-refractivity contribution is 7.89. The Hall–Kier alpha value is -3.17. The lowest BCUT2D eigenvalue weighted by atomic mass is 10.2. The molecule has 1 amide bonds. The van der Waals surface area contributed by atoms with Crippen LogP contribution in [-0.2, 0) is 33.1 Å². The summed E-state index contributed by atoms with van der Waals surface area (Å²) in [4.78, 5) is 24.2. The number of esters is 1. The van der Waals surface area contributed by atoms with Gasteiger partial charge in [-0.1, -0.05) is 30.3 Å². The van der Waals surface area contributed by atoms with Crippen molar-refractivity contribution >= 4 is 32.8 Å². The number of carbonyl (C=O) groups excluding carboxylic acids is 2. The lowest BCUT2D eigenvalue weighted by Gasteiger charge is -2.07. The number of nitrogens with two attached hydrogens (primary N) is 1. The molecule has 146 valence electrons. The van der Waals surface area contributed by atoms with Crippen molar-refractivity contribution in [1.82, 2.24) is 9.88 Å². The molecule has 2 aromatic carbocycles. The van der Waals surface area contributed by atoms with Gasteiger partial charge in [-0.15, -0.1) is 0 Å². The second-order valence-corrected chi connectivity index (χ2v) is 7.77. The van der Waals surface area contributed by atoms with Crippen LogP contribution < -0.4 is 10.5 Å². The van der Waals surface area contributed by atoms with Gasteiger partial charge in [0.25, 0.3) is 5.91 Å². The van der Waals surface area contributed by atoms with Crippen molar-refractivity contribution in [3.05, 3.63) is 65.9 Å². The first-order valence-electron chi connectivity index (χ1n) is 8.35. The van der Waals surface area contributed by atoms with Gasteiger partial charge in [0.2, 0.25) is 10.0 Å². The van der Waals surface area contributed by atoms with Crippen LogP contribution in [0.1, 0.15) is 15.9 Å². The molecule has 0 saturated heterocycles. The van der Waals surface area contributed by atoms with Crippen molar-refractivity contribution in [3.8, 4) is 0 Å². The number of hydrogen-bond acceptors (Lipinski definition) is 5. The molecule has 0 spiro atoms. The van der Waals surface area contributed by atoms with Gasteiger partial charge >= 0.3 is 5.97 Å². The Morgan fingerprint density at radius 1 is 1.11 bits per heavy atom. The van der Waals surface area contributed by atoms with Gasteiger partial charge in [-0.2, -0.15) is 0 Å². The molecule has 3 aromatic rings. The van der Waals surface area contributed by atoms with Crippen molar-refractivity contribution < 1.29 is 22.7 Å². The Kier molecular flexibility index (Phi) is 5.48. The number of nitrogens with one attached hydrogen (secondary N) is 1. The number of nitrogens with zero attached hydrogens (tertiary/aromatic N) is 1. The Morgan fingerprint density at radius 3 is 2.46 bits per heavy atom. The smallest absolute Gasteiger partial charge is 0.340 e. The second-order valence-electron chi connectivity index (χ2n) is 6.21. The fourth-order valence-electron chi connectivity index (χ4n) is 2.76. The van der Waals surface area contributed by atoms with Gasteiger partial charge in [0.15, 0.2) is 6.61 Å². The zero-order valence-electron chi connectivity index (χ0n) is 15.1. The van der Waals surface area contributed by atoms with E-state index in [-0.39, 0.29) is 11.4 Å². The van der Waals surface area contributed by atoms with Crippen molar-refractivity contribution in [3.63, 3.8) is 0 Å². The van der Waals surface area contributed by atoms with E-state index in [1.54, 1.807) is 18.3 Å². The number of para-hydroxylation sites is 1. The molecule has 0 bridgehead atoms. The van der Waals surface area contributed by atoms with Crippen LogP contribution in [0.25, 0.3) is 10.9 Å². The SMILES string of the molecule is Cn1cc(C(=O)OCC(=O)NCc2ccc(S(N)(=O)=O)cc2)c2ccccc21. The summed E-state index contributed by atoms with van der Waals surface area (Å²) in [7, 11) is -1.93. The van der Waals surface area contributed by atoms with Gasteiger partial charge in [0.1, 0.15) is 0 Å². The van der Waals surface area contributed by atoms with Gasteiger partial charge in [-0.25, -0.2) is 18.4 Å². The van der Waals surface area contributed by atoms with Gasteiger partial charge in [0.05, 0.1) is 10.5 Å². The molecule has 1 aromatic heterocycles. The number of hydrogen-bond donors (Lipinski definition) is 2. The maximum atomic E-state index is 12.3. The highest BCUT2D eigenvalue weighted by Gasteiger charge is 2.16. The summed E-state index contributed by atoms with van der Waals surface area (Å²) in [5.74, 6) is -1.05. The molecule has 0 radical (unpaired) electrons. The lowest BCUT2D eigenvalue weighted by molar-refractivity contribution is -0.124. The van der Waals surface area contributed by atoms with Crippen LogP contribution >= 0.6 is 0 Å². The third kappa shape index (κ3) is 4.38. The summed E-state index contributed by atoms with van der Waals surface area (Å²) in [5, 5.41) is 8.39. The predicted octanol–water partition coefficient (Wildman–Crippen LogP) is 1.30. The van der Waals surface area contributed by atoms with Crippen LogP contribution in [0.4, 0.5) is 0 Å². The summed E-state index contributed by atoms with van der Waals surface area (Å²) in [6.45, 7) is -0.257. The summed E-state index contributed by atoms with van der Waals surface area (Å²) < 4.78 is 29.4. The first-order valence-corrected chi connectivity index (χ1v) is 9.90. The number of aryl methyl sites for hydroxylation is 1. The molecule has 3 rings (SSSR count). The summed E-state index contributed by atoms with van der Waals surface area (Å²) in [6.07, 6.45) is 1.66. The zero-order chi connectivity index (χ0) is 20.3. The molecule has 0 saturated carbocycles. The molecule has 0 atom stereocenters. The lowest BCUT2D eigenvalue weighted by Crippen LogP contribution is -2.28. The third-order valence-corrected chi connectivity index (χ3v) is 5.12. The van der Waals surface area contributed by atoms with Crippen LogP contribution in [0.15, 0.2) is 59.6 Å². The maximum Gasteiger partial charge on any atom is 0.340 e. The third-order valence-electron chi connectivity index (χ3n) is 4.19. The van der Waals surface area contributed by atoms with E-state index in [4.69, 9.17) is 9.88 Å². The van der Waals surface area contributed by atoms with Gasteiger partial charge < -0.3 is 14.6 Å². The average molecular weight is 401 g/mol. The zero-order valence-corrected chi connectivity index (χ0v) is 15.9. The number of sulfonamides is 1. The van der Waals surface area contributed by atoms with E-state index in [1.807, 2.05) is 35.9 Å². The van der Waals surface area contributed by atoms with Gasteiger partial charge in [-0.05, 0) is 23.8 Å². The predicted molar refractivity (Wildman–Crippen MR) is 103 cm³/mol. The molecular weight excluding hydrogens is 382 g/mol. The fourth-order valence-corrected chi connectivity index (χ4v) is 3.28. The number of amides is 1. The molecular formula is C19H19N3O5S. The molecule has 28 heavy (non-hydrogen) atoms. The summed E-state index contributed by atoms with van der Waals surface area (Å²) in [5.41, 5.74) is 1.97. The van der Waals surface area contributed by atoms with Crippen LogP contribution in [0.2, 0.25) is 0 Å². The summed E-state index contributed by atoms with van der Waals surface area (Å²) in [6, 6.07) is 13.2. The Labute approximate surface area is 162 Å². The van der Waals surface area contributed by atoms with Crippen molar-refractivity contribution in [2.24, 2.45) is 12.2 Å². The Bertz CT molecular complexity index is 1130. The molecule has 8 nitrogen and oxygen atoms in total. The Balaban J connectivity index is 1.55. The van der Waals surface area contributed by atoms with Crippen molar-refractivity contribution in [2.75, 3.05) is 6.61 Å². The minimum Gasteiger partial charge on any atom is -0.452 e. The molecule has 0 aliphatic carbocycles. The minimum absolute atomic E-state index is 0.00778. The standard InChI is InChI=1S/C19H19N3O5S/c1-22-11-16(15-4-2-3-5-17(15)22)19(24)27-12-18(23)21-10-13-6-8-14(9-7-13)28(20,25)26/h2-9,11H,10,12H2,1H3,(H,21,23)(H2,20,25,26). The quantitative estimate of drug-likeness (QED) is 0.603. The molecule has 0 fully saturated rings.